The third kappa shape index (κ3) is 3.16. The van der Waals surface area contributed by atoms with E-state index >= 15 is 0 Å². The van der Waals surface area contributed by atoms with E-state index in [2.05, 4.69) is 15.2 Å². The molecule has 0 spiro atoms. The molecular weight excluding hydrogens is 294 g/mol. The van der Waals surface area contributed by atoms with Gasteiger partial charge in [-0.15, -0.1) is 0 Å². The highest BCUT2D eigenvalue weighted by Crippen LogP contribution is 2.27. The van der Waals surface area contributed by atoms with Crippen molar-refractivity contribution in [2.75, 3.05) is 7.11 Å². The Labute approximate surface area is 132 Å². The van der Waals surface area contributed by atoms with E-state index in [4.69, 9.17) is 4.74 Å². The van der Waals surface area contributed by atoms with Gasteiger partial charge in [-0.3, -0.25) is 5.10 Å². The number of aromatic amines is 1. The highest BCUT2D eigenvalue weighted by atomic mass is 16.5. The van der Waals surface area contributed by atoms with E-state index in [0.717, 1.165) is 5.56 Å². The van der Waals surface area contributed by atoms with Gasteiger partial charge in [-0.25, -0.2) is 4.98 Å². The molecule has 1 aromatic heterocycles. The fourth-order valence-electron chi connectivity index (χ4n) is 2.11. The van der Waals surface area contributed by atoms with Crippen molar-refractivity contribution in [3.63, 3.8) is 0 Å². The quantitative estimate of drug-likeness (QED) is 0.689. The number of nitrogens with zero attached hydrogens (tertiary/aromatic N) is 2. The molecule has 6 heteroatoms. The zero-order valence-corrected chi connectivity index (χ0v) is 12.4. The highest BCUT2D eigenvalue weighted by molar-refractivity contribution is 5.70. The first-order chi connectivity index (χ1) is 11.2. The standard InChI is InChI=1S/C17H15N3O3/c1-23-15-10-11(6-8-14(15)22)7-9-16-18-17(20-19-16)12-4-2-3-5-13(12)21/h2-10,21-22H,1H3,(H,18,19,20)/b9-7+. The van der Waals surface area contributed by atoms with Gasteiger partial charge in [-0.2, -0.15) is 5.10 Å². The van der Waals surface area contributed by atoms with E-state index in [-0.39, 0.29) is 11.5 Å². The second kappa shape index (κ2) is 6.23. The van der Waals surface area contributed by atoms with Crippen LogP contribution < -0.4 is 4.74 Å². The molecule has 0 unspecified atom stereocenters. The molecule has 0 fully saturated rings. The Morgan fingerprint density at radius 2 is 1.87 bits per heavy atom. The predicted molar refractivity (Wildman–Crippen MR) is 87.1 cm³/mol. The topological polar surface area (TPSA) is 91.3 Å². The molecule has 3 aromatic rings. The molecule has 0 saturated heterocycles. The molecule has 23 heavy (non-hydrogen) atoms. The number of rotatable bonds is 4. The number of hydrogen-bond donors (Lipinski definition) is 3. The summed E-state index contributed by atoms with van der Waals surface area (Å²) in [5.41, 5.74) is 1.41. The fourth-order valence-corrected chi connectivity index (χ4v) is 2.11. The van der Waals surface area contributed by atoms with Gasteiger partial charge < -0.3 is 14.9 Å². The number of aromatic nitrogens is 3. The number of methoxy groups -OCH3 is 1. The lowest BCUT2D eigenvalue weighted by atomic mass is 10.2. The van der Waals surface area contributed by atoms with Crippen molar-refractivity contribution in [2.24, 2.45) is 0 Å². The monoisotopic (exact) mass is 309 g/mol. The first-order valence-electron chi connectivity index (χ1n) is 6.93. The average molecular weight is 309 g/mol. The third-order valence-corrected chi connectivity index (χ3v) is 3.29. The molecule has 0 amide bonds. The van der Waals surface area contributed by atoms with Crippen molar-refractivity contribution in [3.05, 3.63) is 53.9 Å². The van der Waals surface area contributed by atoms with Crippen LogP contribution in [0.1, 0.15) is 11.4 Å². The number of H-pyrrole nitrogens is 1. The fraction of sp³-hybridized carbons (Fsp3) is 0.0588. The van der Waals surface area contributed by atoms with E-state index in [0.29, 0.717) is 23.0 Å². The Kier molecular flexibility index (Phi) is 3.97. The number of ether oxygens (including phenoxy) is 1. The molecule has 0 aliphatic rings. The van der Waals surface area contributed by atoms with Gasteiger partial charge in [0.25, 0.3) is 0 Å². The maximum Gasteiger partial charge on any atom is 0.185 e. The molecule has 3 N–H and O–H groups in total. The molecule has 0 bridgehead atoms. The third-order valence-electron chi connectivity index (χ3n) is 3.29. The van der Waals surface area contributed by atoms with Gasteiger partial charge in [0.05, 0.1) is 12.7 Å². The van der Waals surface area contributed by atoms with E-state index in [9.17, 15) is 10.2 Å². The summed E-state index contributed by atoms with van der Waals surface area (Å²) in [6.45, 7) is 0. The molecule has 116 valence electrons. The zero-order valence-electron chi connectivity index (χ0n) is 12.4. The summed E-state index contributed by atoms with van der Waals surface area (Å²) in [4.78, 5) is 4.32. The maximum atomic E-state index is 9.82. The first kappa shape index (κ1) is 14.6. The summed E-state index contributed by atoms with van der Waals surface area (Å²) < 4.78 is 5.07. The van der Waals surface area contributed by atoms with Crippen molar-refractivity contribution in [3.8, 4) is 28.6 Å². The highest BCUT2D eigenvalue weighted by Gasteiger charge is 2.08. The van der Waals surface area contributed by atoms with Crippen LogP contribution in [0.25, 0.3) is 23.5 Å². The van der Waals surface area contributed by atoms with Crippen molar-refractivity contribution in [1.29, 1.82) is 0 Å². The summed E-state index contributed by atoms with van der Waals surface area (Å²) in [7, 11) is 1.50. The summed E-state index contributed by atoms with van der Waals surface area (Å²) in [5, 5.41) is 26.3. The first-order valence-corrected chi connectivity index (χ1v) is 6.93. The van der Waals surface area contributed by atoms with Crippen LogP contribution in [0.15, 0.2) is 42.5 Å². The molecule has 3 rings (SSSR count). The lowest BCUT2D eigenvalue weighted by Gasteiger charge is -2.03. The Bertz CT molecular complexity index is 856. The van der Waals surface area contributed by atoms with Crippen LogP contribution in [0.4, 0.5) is 0 Å². The number of phenolic OH excluding ortho intramolecular Hbond substituents is 2. The molecule has 1 heterocycles. The molecule has 2 aromatic carbocycles. The second-order valence-electron chi connectivity index (χ2n) is 4.83. The van der Waals surface area contributed by atoms with Crippen LogP contribution in [0.2, 0.25) is 0 Å². The van der Waals surface area contributed by atoms with Crippen LogP contribution >= 0.6 is 0 Å². The van der Waals surface area contributed by atoms with Crippen molar-refractivity contribution < 1.29 is 14.9 Å². The summed E-state index contributed by atoms with van der Waals surface area (Å²) in [5.74, 6) is 1.59. The van der Waals surface area contributed by atoms with Gasteiger partial charge >= 0.3 is 0 Å². The normalized spacial score (nSPS) is 11.0. The molecule has 0 aliphatic heterocycles. The van der Waals surface area contributed by atoms with E-state index in [1.165, 1.54) is 7.11 Å². The minimum atomic E-state index is 0.0890. The molecule has 0 atom stereocenters. The van der Waals surface area contributed by atoms with E-state index in [1.54, 1.807) is 42.5 Å². The van der Waals surface area contributed by atoms with Crippen molar-refractivity contribution in [2.45, 2.75) is 0 Å². The summed E-state index contributed by atoms with van der Waals surface area (Å²) in [6, 6.07) is 11.9. The van der Waals surface area contributed by atoms with Crippen molar-refractivity contribution >= 4 is 12.2 Å². The minimum absolute atomic E-state index is 0.0890. The number of benzene rings is 2. The molecule has 0 saturated carbocycles. The van der Waals surface area contributed by atoms with Gasteiger partial charge in [0.1, 0.15) is 11.6 Å². The Morgan fingerprint density at radius 3 is 2.65 bits per heavy atom. The number of aromatic hydroxyl groups is 2. The van der Waals surface area contributed by atoms with Crippen LogP contribution in [0.3, 0.4) is 0 Å². The Balaban J connectivity index is 1.83. The van der Waals surface area contributed by atoms with Crippen molar-refractivity contribution in [1.82, 2.24) is 15.2 Å². The smallest absolute Gasteiger partial charge is 0.185 e. The maximum absolute atomic E-state index is 9.82. The molecular formula is C17H15N3O3. The van der Waals surface area contributed by atoms with Crippen LogP contribution in [-0.4, -0.2) is 32.5 Å². The second-order valence-corrected chi connectivity index (χ2v) is 4.83. The van der Waals surface area contributed by atoms with E-state index in [1.807, 2.05) is 12.1 Å². The largest absolute Gasteiger partial charge is 0.507 e. The van der Waals surface area contributed by atoms with Crippen LogP contribution in [-0.2, 0) is 0 Å². The lowest BCUT2D eigenvalue weighted by Crippen LogP contribution is -1.84. The molecule has 0 aliphatic carbocycles. The van der Waals surface area contributed by atoms with Gasteiger partial charge in [-0.05, 0) is 35.9 Å². The molecule has 6 nitrogen and oxygen atoms in total. The van der Waals surface area contributed by atoms with E-state index < -0.39 is 0 Å². The van der Waals surface area contributed by atoms with Gasteiger partial charge in [0, 0.05) is 0 Å². The predicted octanol–water partition coefficient (Wildman–Crippen LogP) is 3.06. The number of para-hydroxylation sites is 1. The number of nitrogens with one attached hydrogen (secondary N) is 1. The van der Waals surface area contributed by atoms with Gasteiger partial charge in [0.15, 0.2) is 17.3 Å². The number of phenols is 2. The minimum Gasteiger partial charge on any atom is -0.507 e. The van der Waals surface area contributed by atoms with Crippen LogP contribution in [0, 0.1) is 0 Å². The molecule has 0 radical (unpaired) electrons. The zero-order chi connectivity index (χ0) is 16.2. The summed E-state index contributed by atoms with van der Waals surface area (Å²) in [6.07, 6.45) is 3.57. The Hall–Kier alpha value is -3.28. The Morgan fingerprint density at radius 1 is 1.04 bits per heavy atom. The summed E-state index contributed by atoms with van der Waals surface area (Å²) >= 11 is 0. The number of hydrogen-bond acceptors (Lipinski definition) is 5. The average Bonchev–Trinajstić information content (AvgIpc) is 3.03. The van der Waals surface area contributed by atoms with Gasteiger partial charge in [0.2, 0.25) is 0 Å². The lowest BCUT2D eigenvalue weighted by molar-refractivity contribution is 0.373. The van der Waals surface area contributed by atoms with Gasteiger partial charge in [-0.1, -0.05) is 24.3 Å². The van der Waals surface area contributed by atoms with Crippen LogP contribution in [0.5, 0.6) is 17.2 Å². The SMILES string of the molecule is COc1cc(/C=C/c2nc(-c3ccccc3O)n[nH]2)ccc1O.